The molecule has 1 rings (SSSR count). The Labute approximate surface area is 194 Å². The van der Waals surface area contributed by atoms with Gasteiger partial charge < -0.3 is 18.8 Å². The fraction of sp³-hybridized carbons (Fsp3) is 0.769. The highest BCUT2D eigenvalue weighted by molar-refractivity contribution is 6.33. The highest BCUT2D eigenvalue weighted by Crippen LogP contribution is 2.16. The van der Waals surface area contributed by atoms with Crippen LogP contribution < -0.4 is 9.68 Å². The maximum Gasteiger partial charge on any atom is 0.418 e. The molecular formula is C26H50BNO3. The molecule has 0 aliphatic carbocycles. The van der Waals surface area contributed by atoms with Crippen LogP contribution in [0, 0.1) is 0 Å². The van der Waals surface area contributed by atoms with Crippen LogP contribution in [0.25, 0.3) is 0 Å². The van der Waals surface area contributed by atoms with Crippen LogP contribution in [0.5, 0.6) is 5.75 Å². The summed E-state index contributed by atoms with van der Waals surface area (Å²) in [5.74, 6) is 0.545. The van der Waals surface area contributed by atoms with Gasteiger partial charge in [-0.25, -0.2) is 0 Å². The van der Waals surface area contributed by atoms with E-state index in [4.69, 9.17) is 9.31 Å². The highest BCUT2D eigenvalue weighted by atomic mass is 16.7. The summed E-state index contributed by atoms with van der Waals surface area (Å²) in [5, 5.41) is 11.1. The lowest BCUT2D eigenvalue weighted by Gasteiger charge is -2.39. The van der Waals surface area contributed by atoms with Crippen LogP contribution >= 0.6 is 0 Å². The molecule has 0 radical (unpaired) electrons. The van der Waals surface area contributed by atoms with Crippen molar-refractivity contribution in [3.05, 3.63) is 30.3 Å². The van der Waals surface area contributed by atoms with Crippen molar-refractivity contribution >= 4 is 7.32 Å². The Hall–Kier alpha value is -1.04. The number of hydrogen-bond donors (Lipinski definition) is 0. The predicted molar refractivity (Wildman–Crippen MR) is 133 cm³/mol. The largest absolute Gasteiger partial charge is 0.820 e. The average Bonchev–Trinajstić information content (AvgIpc) is 2.79. The monoisotopic (exact) mass is 435 g/mol. The molecule has 0 saturated heterocycles. The number of para-hydroxylation sites is 1. The van der Waals surface area contributed by atoms with Crippen LogP contribution in [0.2, 0.25) is 0 Å². The molecule has 0 atom stereocenters. The molecule has 0 bridgehead atoms. The normalized spacial score (nSPS) is 11.0. The first-order valence-electron chi connectivity index (χ1n) is 12.9. The van der Waals surface area contributed by atoms with Crippen LogP contribution in [-0.4, -0.2) is 44.6 Å². The van der Waals surface area contributed by atoms with E-state index in [1.165, 1.54) is 82.0 Å². The van der Waals surface area contributed by atoms with Crippen molar-refractivity contribution in [1.29, 1.82) is 0 Å². The van der Waals surface area contributed by atoms with Crippen molar-refractivity contribution in [2.24, 2.45) is 0 Å². The van der Waals surface area contributed by atoms with Gasteiger partial charge in [0.25, 0.3) is 0 Å². The highest BCUT2D eigenvalue weighted by Gasteiger charge is 2.24. The van der Waals surface area contributed by atoms with E-state index in [1.807, 2.05) is 25.1 Å². The Balaban J connectivity index is 0.000000590. The van der Waals surface area contributed by atoms with Gasteiger partial charge in [0.1, 0.15) is 0 Å². The van der Waals surface area contributed by atoms with Crippen molar-refractivity contribution in [3.8, 4) is 5.75 Å². The molecule has 0 heterocycles. The fourth-order valence-corrected chi connectivity index (χ4v) is 3.61. The fourth-order valence-electron chi connectivity index (χ4n) is 3.61. The van der Waals surface area contributed by atoms with Gasteiger partial charge in [-0.3, -0.25) is 0 Å². The quantitative estimate of drug-likeness (QED) is 0.156. The second-order valence-corrected chi connectivity index (χ2v) is 8.59. The van der Waals surface area contributed by atoms with E-state index < -0.39 is 7.32 Å². The maximum absolute atomic E-state index is 11.1. The Morgan fingerprint density at radius 3 is 1.48 bits per heavy atom. The standard InChI is InChI=1S/C16H36N.C10H14BO3/c1-5-9-13-17(14-10-6-2,15-11-7-3)16-12-8-4;1-2-3-9-13-11(12)14-10-7-5-4-6-8-10/h5-16H2,1-4H3;4-8H,2-3,9H2,1H3/q+1;-1. The van der Waals surface area contributed by atoms with E-state index in [1.54, 1.807) is 12.1 Å². The van der Waals surface area contributed by atoms with Crippen molar-refractivity contribution in [1.82, 2.24) is 0 Å². The molecule has 5 heteroatoms. The smallest absolute Gasteiger partial charge is 0.418 e. The van der Waals surface area contributed by atoms with Gasteiger partial charge in [0.2, 0.25) is 0 Å². The summed E-state index contributed by atoms with van der Waals surface area (Å²) in [4.78, 5) is 0. The first-order valence-corrected chi connectivity index (χ1v) is 12.9. The van der Waals surface area contributed by atoms with Crippen molar-refractivity contribution in [2.75, 3.05) is 32.8 Å². The summed E-state index contributed by atoms with van der Waals surface area (Å²) in [7, 11) is -1.41. The van der Waals surface area contributed by atoms with Crippen molar-refractivity contribution < 1.29 is 18.8 Å². The lowest BCUT2D eigenvalue weighted by atomic mass is 10.1. The van der Waals surface area contributed by atoms with Crippen molar-refractivity contribution in [2.45, 2.75) is 98.8 Å². The molecule has 0 aliphatic rings. The van der Waals surface area contributed by atoms with Crippen LogP contribution in [0.15, 0.2) is 30.3 Å². The van der Waals surface area contributed by atoms with E-state index in [0.29, 0.717) is 12.4 Å². The van der Waals surface area contributed by atoms with Crippen LogP contribution in [0.3, 0.4) is 0 Å². The second-order valence-electron chi connectivity index (χ2n) is 8.59. The topological polar surface area (TPSA) is 41.5 Å². The molecule has 1 aromatic carbocycles. The summed E-state index contributed by atoms with van der Waals surface area (Å²) in [6.07, 6.45) is 13.0. The Bertz CT molecular complexity index is 449. The van der Waals surface area contributed by atoms with Gasteiger partial charge in [0.15, 0.2) is 0 Å². The lowest BCUT2D eigenvalue weighted by Crippen LogP contribution is -2.50. The van der Waals surface area contributed by atoms with Gasteiger partial charge >= 0.3 is 7.32 Å². The number of nitrogens with zero attached hydrogens (tertiary/aromatic N) is 1. The van der Waals surface area contributed by atoms with Gasteiger partial charge in [-0.1, -0.05) is 84.9 Å². The summed E-state index contributed by atoms with van der Waals surface area (Å²) in [6.45, 7) is 17.5. The zero-order valence-corrected chi connectivity index (χ0v) is 21.2. The number of unbranched alkanes of at least 4 members (excludes halogenated alkanes) is 5. The van der Waals surface area contributed by atoms with E-state index in [9.17, 15) is 5.02 Å². The minimum atomic E-state index is -1.41. The minimum Gasteiger partial charge on any atom is -0.820 e. The molecule has 4 nitrogen and oxygen atoms in total. The summed E-state index contributed by atoms with van der Waals surface area (Å²) in [5.41, 5.74) is 0. The van der Waals surface area contributed by atoms with Gasteiger partial charge in [-0.2, -0.15) is 0 Å². The molecule has 0 saturated carbocycles. The number of benzene rings is 1. The maximum atomic E-state index is 11.1. The first kappa shape index (κ1) is 30.0. The zero-order valence-electron chi connectivity index (χ0n) is 21.2. The van der Waals surface area contributed by atoms with Crippen LogP contribution in [0.1, 0.15) is 98.8 Å². The molecule has 1 aromatic rings. The SMILES string of the molecule is CCCCOB([O-])Oc1ccccc1.CCCC[N+](CCCC)(CCCC)CCCC. The predicted octanol–water partition coefficient (Wildman–Crippen LogP) is 6.23. The van der Waals surface area contributed by atoms with Gasteiger partial charge in [0, 0.05) is 6.61 Å². The molecular weight excluding hydrogens is 385 g/mol. The summed E-state index contributed by atoms with van der Waals surface area (Å²) >= 11 is 0. The summed E-state index contributed by atoms with van der Waals surface area (Å²) in [6, 6.07) is 8.95. The van der Waals surface area contributed by atoms with E-state index >= 15 is 0 Å². The van der Waals surface area contributed by atoms with E-state index in [0.717, 1.165) is 12.8 Å². The molecule has 0 aromatic heterocycles. The number of rotatable bonds is 18. The van der Waals surface area contributed by atoms with Gasteiger partial charge in [-0.05, 0) is 44.2 Å². The molecule has 0 amide bonds. The summed E-state index contributed by atoms with van der Waals surface area (Å²) < 4.78 is 11.3. The average molecular weight is 436 g/mol. The van der Waals surface area contributed by atoms with Gasteiger partial charge in [0.05, 0.1) is 31.9 Å². The second kappa shape index (κ2) is 20.8. The third-order valence-electron chi connectivity index (χ3n) is 5.67. The zero-order chi connectivity index (χ0) is 23.2. The van der Waals surface area contributed by atoms with Crippen LogP contribution in [-0.2, 0) is 4.65 Å². The lowest BCUT2D eigenvalue weighted by molar-refractivity contribution is -0.929. The molecule has 31 heavy (non-hydrogen) atoms. The number of hydrogen-bond acceptors (Lipinski definition) is 3. The minimum absolute atomic E-state index is 0.456. The molecule has 0 spiro atoms. The molecule has 0 unspecified atom stereocenters. The first-order chi connectivity index (χ1) is 15.1. The Morgan fingerprint density at radius 1 is 0.677 bits per heavy atom. The molecule has 0 aliphatic heterocycles. The molecule has 0 fully saturated rings. The van der Waals surface area contributed by atoms with Gasteiger partial charge in [-0.15, -0.1) is 0 Å². The Kier molecular flexibility index (Phi) is 20.1. The molecule has 180 valence electrons. The third-order valence-corrected chi connectivity index (χ3v) is 5.67. The third kappa shape index (κ3) is 16.3. The Morgan fingerprint density at radius 2 is 1.10 bits per heavy atom. The van der Waals surface area contributed by atoms with Crippen LogP contribution in [0.4, 0.5) is 0 Å². The molecule has 0 N–H and O–H groups in total. The van der Waals surface area contributed by atoms with E-state index in [2.05, 4.69) is 27.7 Å². The van der Waals surface area contributed by atoms with Crippen molar-refractivity contribution in [3.63, 3.8) is 0 Å². The number of quaternary nitrogens is 1. The van der Waals surface area contributed by atoms with E-state index in [-0.39, 0.29) is 0 Å².